The van der Waals surface area contributed by atoms with Crippen molar-refractivity contribution < 1.29 is 24.2 Å². The third-order valence-corrected chi connectivity index (χ3v) is 6.51. The van der Waals surface area contributed by atoms with E-state index < -0.39 is 5.97 Å². The molecule has 1 atom stereocenters. The van der Waals surface area contributed by atoms with E-state index in [2.05, 4.69) is 6.92 Å². The molecule has 0 saturated carbocycles. The maximum atomic E-state index is 13.1. The van der Waals surface area contributed by atoms with Gasteiger partial charge in [0.2, 0.25) is 0 Å². The van der Waals surface area contributed by atoms with E-state index in [1.54, 1.807) is 0 Å². The average molecular weight is 479 g/mol. The second kappa shape index (κ2) is 12.3. The summed E-state index contributed by atoms with van der Waals surface area (Å²) in [5.41, 5.74) is 3.27. The largest absolute Gasteiger partial charge is 0.493 e. The molecule has 3 aromatic carbocycles. The SMILES string of the molecule is CCc1ccc(O[C@H](C)CCOc2ccc(SCC(=O)O)c(C)c2)c(C(=O)c2ccccc2)c1. The zero-order chi connectivity index (χ0) is 24.5. The Balaban J connectivity index is 1.61. The quantitative estimate of drug-likeness (QED) is 0.247. The first-order chi connectivity index (χ1) is 16.4. The lowest BCUT2D eigenvalue weighted by Crippen LogP contribution is -2.18. The monoisotopic (exact) mass is 478 g/mol. The minimum absolute atomic E-state index is 0.0316. The van der Waals surface area contributed by atoms with Gasteiger partial charge in [0.15, 0.2) is 5.78 Å². The molecule has 6 heteroatoms. The predicted molar refractivity (Wildman–Crippen MR) is 135 cm³/mol. The van der Waals surface area contributed by atoms with E-state index in [-0.39, 0.29) is 17.6 Å². The highest BCUT2D eigenvalue weighted by molar-refractivity contribution is 8.00. The van der Waals surface area contributed by atoms with Gasteiger partial charge in [-0.15, -0.1) is 11.8 Å². The fourth-order valence-electron chi connectivity index (χ4n) is 3.45. The van der Waals surface area contributed by atoms with E-state index >= 15 is 0 Å². The number of aryl methyl sites for hydroxylation is 2. The van der Waals surface area contributed by atoms with Crippen molar-refractivity contribution in [1.29, 1.82) is 0 Å². The van der Waals surface area contributed by atoms with Crippen LogP contribution >= 0.6 is 11.8 Å². The highest BCUT2D eigenvalue weighted by Gasteiger charge is 2.17. The summed E-state index contributed by atoms with van der Waals surface area (Å²) in [6, 6.07) is 20.7. The van der Waals surface area contributed by atoms with Gasteiger partial charge in [-0.05, 0) is 61.7 Å². The molecule has 34 heavy (non-hydrogen) atoms. The van der Waals surface area contributed by atoms with E-state index in [0.29, 0.717) is 29.9 Å². The van der Waals surface area contributed by atoms with Crippen molar-refractivity contribution in [3.8, 4) is 11.5 Å². The van der Waals surface area contributed by atoms with Crippen molar-refractivity contribution in [2.24, 2.45) is 0 Å². The minimum atomic E-state index is -0.836. The molecule has 0 bridgehead atoms. The van der Waals surface area contributed by atoms with Crippen LogP contribution < -0.4 is 9.47 Å². The lowest BCUT2D eigenvalue weighted by atomic mass is 9.99. The molecule has 0 saturated heterocycles. The van der Waals surface area contributed by atoms with Gasteiger partial charge in [0.1, 0.15) is 11.5 Å². The van der Waals surface area contributed by atoms with Crippen molar-refractivity contribution in [1.82, 2.24) is 0 Å². The number of aliphatic carboxylic acids is 1. The molecule has 0 amide bonds. The standard InChI is InChI=1S/C28H30O5S/c1-4-21-10-12-25(24(17-21)28(31)22-8-6-5-7-9-22)33-20(3)14-15-32-23-11-13-26(19(2)16-23)34-18-27(29)30/h5-13,16-17,20H,4,14-15,18H2,1-3H3,(H,29,30)/t20-/m1/s1. The molecule has 0 aliphatic rings. The van der Waals surface area contributed by atoms with Gasteiger partial charge in [0.05, 0.1) is 24.0 Å². The Morgan fingerprint density at radius 2 is 1.79 bits per heavy atom. The number of hydrogen-bond donors (Lipinski definition) is 1. The maximum absolute atomic E-state index is 13.1. The zero-order valence-corrected chi connectivity index (χ0v) is 20.6. The Kier molecular flexibility index (Phi) is 9.16. The summed E-state index contributed by atoms with van der Waals surface area (Å²) in [6.07, 6.45) is 1.33. The van der Waals surface area contributed by atoms with E-state index in [0.717, 1.165) is 28.2 Å². The normalized spacial score (nSPS) is 11.6. The molecule has 178 valence electrons. The predicted octanol–water partition coefficient (Wildman–Crippen LogP) is 6.20. The van der Waals surface area contributed by atoms with Gasteiger partial charge in [-0.2, -0.15) is 0 Å². The summed E-state index contributed by atoms with van der Waals surface area (Å²) in [5.74, 6) is 0.456. The van der Waals surface area contributed by atoms with Crippen molar-refractivity contribution in [2.75, 3.05) is 12.4 Å². The lowest BCUT2D eigenvalue weighted by molar-refractivity contribution is -0.133. The van der Waals surface area contributed by atoms with Crippen LogP contribution in [0.2, 0.25) is 0 Å². The van der Waals surface area contributed by atoms with Crippen LogP contribution in [0.4, 0.5) is 0 Å². The van der Waals surface area contributed by atoms with E-state index in [4.69, 9.17) is 14.6 Å². The molecular formula is C28H30O5S. The number of benzene rings is 3. The molecule has 0 heterocycles. The van der Waals surface area contributed by atoms with Crippen LogP contribution in [-0.4, -0.2) is 35.3 Å². The van der Waals surface area contributed by atoms with Crippen LogP contribution in [0.1, 0.15) is 47.3 Å². The average Bonchev–Trinajstić information content (AvgIpc) is 2.83. The van der Waals surface area contributed by atoms with Crippen LogP contribution in [0.3, 0.4) is 0 Å². The molecule has 0 aliphatic carbocycles. The second-order valence-corrected chi connectivity index (χ2v) is 9.07. The molecule has 0 fully saturated rings. The van der Waals surface area contributed by atoms with Gasteiger partial charge in [0.25, 0.3) is 0 Å². The van der Waals surface area contributed by atoms with Gasteiger partial charge in [-0.25, -0.2) is 0 Å². The van der Waals surface area contributed by atoms with Crippen LogP contribution in [0.15, 0.2) is 71.6 Å². The van der Waals surface area contributed by atoms with E-state index in [1.165, 1.54) is 11.8 Å². The third kappa shape index (κ3) is 7.12. The highest BCUT2D eigenvalue weighted by Crippen LogP contribution is 2.27. The number of ketones is 1. The molecule has 1 N–H and O–H groups in total. The summed E-state index contributed by atoms with van der Waals surface area (Å²) in [7, 11) is 0. The van der Waals surface area contributed by atoms with E-state index in [1.807, 2.05) is 80.6 Å². The zero-order valence-electron chi connectivity index (χ0n) is 19.7. The van der Waals surface area contributed by atoms with Gasteiger partial charge >= 0.3 is 5.97 Å². The first kappa shape index (κ1) is 25.4. The molecule has 0 aromatic heterocycles. The van der Waals surface area contributed by atoms with Crippen molar-refractivity contribution in [3.05, 3.63) is 89.0 Å². The molecule has 3 rings (SSSR count). The maximum Gasteiger partial charge on any atom is 0.313 e. The first-order valence-corrected chi connectivity index (χ1v) is 12.3. The number of thioether (sulfide) groups is 1. The smallest absolute Gasteiger partial charge is 0.313 e. The van der Waals surface area contributed by atoms with Gasteiger partial charge in [0, 0.05) is 16.9 Å². The fraction of sp³-hybridized carbons (Fsp3) is 0.286. The Morgan fingerprint density at radius 1 is 1.03 bits per heavy atom. The molecule has 0 aliphatic heterocycles. The van der Waals surface area contributed by atoms with Crippen molar-refractivity contribution in [2.45, 2.75) is 44.6 Å². The Bertz CT molecular complexity index is 1130. The van der Waals surface area contributed by atoms with Gasteiger partial charge in [-0.1, -0.05) is 43.3 Å². The topological polar surface area (TPSA) is 72.8 Å². The Hall–Kier alpha value is -3.25. The second-order valence-electron chi connectivity index (χ2n) is 8.05. The van der Waals surface area contributed by atoms with Crippen LogP contribution in [-0.2, 0) is 11.2 Å². The number of carboxylic acids is 1. The molecule has 0 radical (unpaired) electrons. The number of carbonyl (C=O) groups is 2. The summed E-state index contributed by atoms with van der Waals surface area (Å²) >= 11 is 1.30. The number of rotatable bonds is 12. The molecule has 0 spiro atoms. The summed E-state index contributed by atoms with van der Waals surface area (Å²) < 4.78 is 12.0. The molecular weight excluding hydrogens is 448 g/mol. The van der Waals surface area contributed by atoms with Gasteiger partial charge in [-0.3, -0.25) is 9.59 Å². The minimum Gasteiger partial charge on any atom is -0.493 e. The molecule has 5 nitrogen and oxygen atoms in total. The highest BCUT2D eigenvalue weighted by atomic mass is 32.2. The third-order valence-electron chi connectivity index (χ3n) is 5.35. The Labute approximate surface area is 205 Å². The van der Waals surface area contributed by atoms with Crippen LogP contribution in [0.25, 0.3) is 0 Å². The van der Waals surface area contributed by atoms with Crippen molar-refractivity contribution in [3.63, 3.8) is 0 Å². The number of carbonyl (C=O) groups excluding carboxylic acids is 1. The number of carboxylic acid groups (broad SMARTS) is 1. The van der Waals surface area contributed by atoms with Crippen LogP contribution in [0, 0.1) is 6.92 Å². The van der Waals surface area contributed by atoms with Gasteiger partial charge < -0.3 is 14.6 Å². The first-order valence-electron chi connectivity index (χ1n) is 11.3. The van der Waals surface area contributed by atoms with Crippen molar-refractivity contribution >= 4 is 23.5 Å². The van der Waals surface area contributed by atoms with E-state index in [9.17, 15) is 9.59 Å². The molecule has 3 aromatic rings. The number of ether oxygens (including phenoxy) is 2. The Morgan fingerprint density at radius 3 is 2.47 bits per heavy atom. The summed E-state index contributed by atoms with van der Waals surface area (Å²) in [5, 5.41) is 8.85. The number of hydrogen-bond acceptors (Lipinski definition) is 5. The van der Waals surface area contributed by atoms with Crippen LogP contribution in [0.5, 0.6) is 11.5 Å². The summed E-state index contributed by atoms with van der Waals surface area (Å²) in [6.45, 7) is 6.42. The lowest BCUT2D eigenvalue weighted by Gasteiger charge is -2.18. The molecule has 0 unspecified atom stereocenters. The summed E-state index contributed by atoms with van der Waals surface area (Å²) in [4.78, 5) is 24.8. The fourth-order valence-corrected chi connectivity index (χ4v) is 4.18.